The molecule has 0 unspecified atom stereocenters. The first-order valence-corrected chi connectivity index (χ1v) is 10.4. The average Bonchev–Trinajstić information content (AvgIpc) is 2.77. The fourth-order valence-electron chi connectivity index (χ4n) is 4.08. The first-order chi connectivity index (χ1) is 14.5. The van der Waals surface area contributed by atoms with Gasteiger partial charge in [-0.15, -0.1) is 0 Å². The average molecular weight is 415 g/mol. The SMILES string of the molecule is O=C(CN1CCN(C(=O)Cn2cnc3ccc(F)cc3c2=O)CC1)N1CCCCC1. The minimum Gasteiger partial charge on any atom is -0.342 e. The summed E-state index contributed by atoms with van der Waals surface area (Å²) in [5.41, 5.74) is -0.0318. The topological polar surface area (TPSA) is 78.8 Å². The van der Waals surface area contributed by atoms with Gasteiger partial charge in [0.05, 0.1) is 23.8 Å². The van der Waals surface area contributed by atoms with Gasteiger partial charge in [0.15, 0.2) is 0 Å². The van der Waals surface area contributed by atoms with Crippen LogP contribution in [0.15, 0.2) is 29.3 Å². The van der Waals surface area contributed by atoms with E-state index in [2.05, 4.69) is 9.88 Å². The Morgan fingerprint density at radius 3 is 2.30 bits per heavy atom. The highest BCUT2D eigenvalue weighted by Gasteiger charge is 2.25. The summed E-state index contributed by atoms with van der Waals surface area (Å²) in [6, 6.07) is 3.84. The minimum atomic E-state index is -0.513. The van der Waals surface area contributed by atoms with Crippen LogP contribution in [-0.2, 0) is 16.1 Å². The molecule has 3 heterocycles. The van der Waals surface area contributed by atoms with Crippen molar-refractivity contribution in [2.24, 2.45) is 0 Å². The molecule has 0 radical (unpaired) electrons. The van der Waals surface area contributed by atoms with Gasteiger partial charge in [-0.1, -0.05) is 0 Å². The third-order valence-electron chi connectivity index (χ3n) is 5.88. The summed E-state index contributed by atoms with van der Waals surface area (Å²) in [6.07, 6.45) is 4.66. The lowest BCUT2D eigenvalue weighted by atomic mass is 10.1. The van der Waals surface area contributed by atoms with E-state index in [9.17, 15) is 18.8 Å². The maximum Gasteiger partial charge on any atom is 0.261 e. The zero-order valence-corrected chi connectivity index (χ0v) is 16.9. The number of likely N-dealkylation sites (tertiary alicyclic amines) is 1. The van der Waals surface area contributed by atoms with Crippen molar-refractivity contribution in [3.8, 4) is 0 Å². The molecule has 2 fully saturated rings. The Morgan fingerprint density at radius 2 is 1.57 bits per heavy atom. The number of rotatable bonds is 4. The van der Waals surface area contributed by atoms with Crippen molar-refractivity contribution >= 4 is 22.7 Å². The molecule has 2 amide bonds. The van der Waals surface area contributed by atoms with Gasteiger partial charge in [-0.2, -0.15) is 0 Å². The number of carbonyl (C=O) groups is 2. The summed E-state index contributed by atoms with van der Waals surface area (Å²) in [5, 5.41) is 0.159. The van der Waals surface area contributed by atoms with Crippen molar-refractivity contribution < 1.29 is 14.0 Å². The predicted octanol–water partition coefficient (Wildman–Crippen LogP) is 0.692. The van der Waals surface area contributed by atoms with E-state index >= 15 is 0 Å². The molecule has 8 nitrogen and oxygen atoms in total. The van der Waals surface area contributed by atoms with Crippen molar-refractivity contribution in [3.05, 3.63) is 40.7 Å². The van der Waals surface area contributed by atoms with Crippen LogP contribution in [0, 0.1) is 5.82 Å². The second-order valence-corrected chi connectivity index (χ2v) is 7.94. The molecule has 0 spiro atoms. The quantitative estimate of drug-likeness (QED) is 0.734. The van der Waals surface area contributed by atoms with E-state index < -0.39 is 11.4 Å². The molecule has 2 aromatic rings. The number of halogens is 1. The summed E-state index contributed by atoms with van der Waals surface area (Å²) in [7, 11) is 0. The molecule has 0 N–H and O–H groups in total. The monoisotopic (exact) mass is 415 g/mol. The first kappa shape index (κ1) is 20.5. The number of nitrogens with zero attached hydrogens (tertiary/aromatic N) is 5. The fraction of sp³-hybridized carbons (Fsp3) is 0.524. The fourth-order valence-corrected chi connectivity index (χ4v) is 4.08. The van der Waals surface area contributed by atoms with Crippen molar-refractivity contribution in [1.29, 1.82) is 0 Å². The molecule has 4 rings (SSSR count). The summed E-state index contributed by atoms with van der Waals surface area (Å²) in [5.74, 6) is -0.534. The van der Waals surface area contributed by atoms with Crippen LogP contribution in [0.5, 0.6) is 0 Å². The molecule has 2 aliphatic heterocycles. The zero-order chi connectivity index (χ0) is 21.1. The van der Waals surface area contributed by atoms with Crippen LogP contribution in [-0.4, -0.2) is 81.9 Å². The van der Waals surface area contributed by atoms with Crippen molar-refractivity contribution in [1.82, 2.24) is 24.3 Å². The molecule has 1 aromatic heterocycles. The van der Waals surface area contributed by atoms with Crippen LogP contribution in [0.25, 0.3) is 10.9 Å². The van der Waals surface area contributed by atoms with Crippen molar-refractivity contribution in [2.45, 2.75) is 25.8 Å². The lowest BCUT2D eigenvalue weighted by Crippen LogP contribution is -2.52. The molecule has 0 atom stereocenters. The van der Waals surface area contributed by atoms with Crippen LogP contribution < -0.4 is 5.56 Å². The highest BCUT2D eigenvalue weighted by atomic mass is 19.1. The number of hydrogen-bond donors (Lipinski definition) is 0. The largest absolute Gasteiger partial charge is 0.342 e. The molecular formula is C21H26FN5O3. The predicted molar refractivity (Wildman–Crippen MR) is 109 cm³/mol. The van der Waals surface area contributed by atoms with Gasteiger partial charge >= 0.3 is 0 Å². The number of piperazine rings is 1. The molecule has 9 heteroatoms. The molecule has 0 saturated carbocycles. The molecule has 2 aliphatic rings. The molecule has 30 heavy (non-hydrogen) atoms. The maximum absolute atomic E-state index is 13.5. The molecule has 0 bridgehead atoms. The number of carbonyl (C=O) groups excluding carboxylic acids is 2. The van der Waals surface area contributed by atoms with Crippen LogP contribution in [0.3, 0.4) is 0 Å². The third kappa shape index (κ3) is 4.51. The van der Waals surface area contributed by atoms with Gasteiger partial charge < -0.3 is 9.80 Å². The van der Waals surface area contributed by atoms with Crippen molar-refractivity contribution in [3.63, 3.8) is 0 Å². The van der Waals surface area contributed by atoms with Crippen LogP contribution in [0.1, 0.15) is 19.3 Å². The zero-order valence-electron chi connectivity index (χ0n) is 16.9. The number of hydrogen-bond acceptors (Lipinski definition) is 5. The summed E-state index contributed by atoms with van der Waals surface area (Å²) >= 11 is 0. The van der Waals surface area contributed by atoms with E-state index in [1.807, 2.05) is 4.90 Å². The van der Waals surface area contributed by atoms with Gasteiger partial charge in [0.1, 0.15) is 12.4 Å². The minimum absolute atomic E-state index is 0.134. The number of aromatic nitrogens is 2. The Hall–Kier alpha value is -2.81. The van der Waals surface area contributed by atoms with Gasteiger partial charge in [0, 0.05) is 39.3 Å². The van der Waals surface area contributed by atoms with E-state index in [1.165, 1.54) is 29.4 Å². The standard InChI is InChI=1S/C21H26FN5O3/c22-16-4-5-18-17(12-16)21(30)27(15-23-18)14-20(29)26-10-8-24(9-11-26)13-19(28)25-6-2-1-3-7-25/h4-5,12,15H,1-3,6-11,13-14H2. The Bertz CT molecular complexity index is 994. The van der Waals surface area contributed by atoms with Crippen molar-refractivity contribution in [2.75, 3.05) is 45.8 Å². The maximum atomic E-state index is 13.5. The van der Waals surface area contributed by atoms with Crippen LogP contribution in [0.4, 0.5) is 4.39 Å². The van der Waals surface area contributed by atoms with Gasteiger partial charge in [-0.05, 0) is 37.5 Å². The van der Waals surface area contributed by atoms with E-state index in [-0.39, 0.29) is 23.7 Å². The highest BCUT2D eigenvalue weighted by molar-refractivity contribution is 5.79. The first-order valence-electron chi connectivity index (χ1n) is 10.4. The summed E-state index contributed by atoms with van der Waals surface area (Å²) in [6.45, 7) is 4.22. The molecule has 160 valence electrons. The second kappa shape index (κ2) is 8.91. The number of fused-ring (bicyclic) bond motifs is 1. The van der Waals surface area contributed by atoms with Gasteiger partial charge in [-0.25, -0.2) is 9.37 Å². The number of benzene rings is 1. The Balaban J connectivity index is 1.32. The molecule has 0 aliphatic carbocycles. The highest BCUT2D eigenvalue weighted by Crippen LogP contribution is 2.11. The Morgan fingerprint density at radius 1 is 0.900 bits per heavy atom. The van der Waals surface area contributed by atoms with Gasteiger partial charge in [0.2, 0.25) is 11.8 Å². The van der Waals surface area contributed by atoms with Crippen LogP contribution in [0.2, 0.25) is 0 Å². The molecule has 2 saturated heterocycles. The van der Waals surface area contributed by atoms with Crippen LogP contribution >= 0.6 is 0 Å². The van der Waals surface area contributed by atoms with E-state index in [0.717, 1.165) is 32.0 Å². The second-order valence-electron chi connectivity index (χ2n) is 7.94. The van der Waals surface area contributed by atoms with E-state index in [1.54, 1.807) is 4.90 Å². The Labute approximate surface area is 173 Å². The van der Waals surface area contributed by atoms with Gasteiger partial charge in [0.25, 0.3) is 5.56 Å². The number of amides is 2. The summed E-state index contributed by atoms with van der Waals surface area (Å²) in [4.78, 5) is 47.5. The lowest BCUT2D eigenvalue weighted by molar-refractivity contribution is -0.136. The summed E-state index contributed by atoms with van der Waals surface area (Å²) < 4.78 is 14.7. The normalized spacial score (nSPS) is 18.0. The smallest absolute Gasteiger partial charge is 0.261 e. The Kier molecular flexibility index (Phi) is 6.08. The third-order valence-corrected chi connectivity index (χ3v) is 5.88. The lowest BCUT2D eigenvalue weighted by Gasteiger charge is -2.36. The molecule has 1 aromatic carbocycles. The number of piperidine rings is 1. The molecular weight excluding hydrogens is 389 g/mol. The van der Waals surface area contributed by atoms with Gasteiger partial charge in [-0.3, -0.25) is 23.9 Å². The van der Waals surface area contributed by atoms with E-state index in [0.29, 0.717) is 38.2 Å². The van der Waals surface area contributed by atoms with E-state index in [4.69, 9.17) is 0 Å².